The Morgan fingerprint density at radius 1 is 1.14 bits per heavy atom. The average Bonchev–Trinajstić information content (AvgIpc) is 2.64. The van der Waals surface area contributed by atoms with Gasteiger partial charge < -0.3 is 19.7 Å². The molecule has 0 aromatic rings. The number of hydrogen-bond acceptors (Lipinski definition) is 6. The second kappa shape index (κ2) is 9.39. The van der Waals surface area contributed by atoms with Crippen LogP contribution in [0.5, 0.6) is 0 Å². The van der Waals surface area contributed by atoms with Crippen molar-refractivity contribution in [2.75, 3.05) is 26.7 Å². The zero-order valence-electron chi connectivity index (χ0n) is 17.3. The standard InChI is InChI=1S/C20H32N2O6/c1-20(2,3)28-19(26)21-11-13-5-7-14(8-6-13)17(24)22-10-9-16(23)15(12-22)18(25)27-4/h13-15H,5-12H2,1-4H3,(H,21,26). The van der Waals surface area contributed by atoms with Gasteiger partial charge >= 0.3 is 12.1 Å². The fraction of sp³-hybridized carbons (Fsp3) is 0.800. The molecule has 2 amide bonds. The zero-order valence-corrected chi connectivity index (χ0v) is 17.3. The van der Waals surface area contributed by atoms with Crippen molar-refractivity contribution in [2.45, 2.75) is 58.5 Å². The first-order valence-corrected chi connectivity index (χ1v) is 9.97. The predicted octanol–water partition coefficient (Wildman–Crippen LogP) is 1.91. The van der Waals surface area contributed by atoms with E-state index in [-0.39, 0.29) is 30.6 Å². The van der Waals surface area contributed by atoms with Crippen molar-refractivity contribution in [3.05, 3.63) is 0 Å². The van der Waals surface area contributed by atoms with Gasteiger partial charge in [-0.15, -0.1) is 0 Å². The van der Waals surface area contributed by atoms with Gasteiger partial charge in [-0.1, -0.05) is 0 Å². The summed E-state index contributed by atoms with van der Waals surface area (Å²) in [7, 11) is 1.25. The van der Waals surface area contributed by atoms with Crippen molar-refractivity contribution in [1.82, 2.24) is 10.2 Å². The third kappa shape index (κ3) is 6.21. The number of likely N-dealkylation sites (tertiary alicyclic amines) is 1. The number of amides is 2. The number of hydrogen-bond donors (Lipinski definition) is 1. The SMILES string of the molecule is COC(=O)C1CN(C(=O)C2CCC(CNC(=O)OC(C)(C)C)CC2)CCC1=O. The van der Waals surface area contributed by atoms with E-state index >= 15 is 0 Å². The maximum absolute atomic E-state index is 12.8. The van der Waals surface area contributed by atoms with Crippen LogP contribution >= 0.6 is 0 Å². The smallest absolute Gasteiger partial charge is 0.407 e. The van der Waals surface area contributed by atoms with Gasteiger partial charge in [0.2, 0.25) is 5.91 Å². The lowest BCUT2D eigenvalue weighted by molar-refractivity contribution is -0.154. The Bertz CT molecular complexity index is 596. The van der Waals surface area contributed by atoms with Crippen molar-refractivity contribution in [2.24, 2.45) is 17.8 Å². The number of carbonyl (C=O) groups excluding carboxylic acids is 4. The van der Waals surface area contributed by atoms with Crippen LogP contribution in [0.4, 0.5) is 4.79 Å². The summed E-state index contributed by atoms with van der Waals surface area (Å²) in [6.45, 7) is 6.49. The van der Waals surface area contributed by atoms with E-state index in [0.29, 0.717) is 19.0 Å². The van der Waals surface area contributed by atoms with E-state index in [9.17, 15) is 19.2 Å². The predicted molar refractivity (Wildman–Crippen MR) is 101 cm³/mol. The number of carbonyl (C=O) groups is 4. The second-order valence-corrected chi connectivity index (χ2v) is 8.68. The summed E-state index contributed by atoms with van der Waals surface area (Å²) in [6, 6.07) is 0. The molecule has 0 bridgehead atoms. The average molecular weight is 396 g/mol. The van der Waals surface area contributed by atoms with Gasteiger partial charge in [-0.3, -0.25) is 14.4 Å². The molecule has 2 fully saturated rings. The highest BCUT2D eigenvalue weighted by Crippen LogP contribution is 2.31. The Hall–Kier alpha value is -2.12. The Kier molecular flexibility index (Phi) is 7.43. The molecule has 0 aromatic carbocycles. The molecule has 28 heavy (non-hydrogen) atoms. The first kappa shape index (κ1) is 22.2. The number of nitrogens with zero attached hydrogens (tertiary/aromatic N) is 1. The lowest BCUT2D eigenvalue weighted by Gasteiger charge is -2.35. The highest BCUT2D eigenvalue weighted by Gasteiger charge is 2.38. The molecule has 2 aliphatic rings. The van der Waals surface area contributed by atoms with Crippen LogP contribution in [0.2, 0.25) is 0 Å². The van der Waals surface area contributed by atoms with E-state index in [4.69, 9.17) is 4.74 Å². The third-order valence-electron chi connectivity index (χ3n) is 5.35. The van der Waals surface area contributed by atoms with E-state index in [1.165, 1.54) is 7.11 Å². The molecule has 158 valence electrons. The highest BCUT2D eigenvalue weighted by atomic mass is 16.6. The molecule has 1 N–H and O–H groups in total. The van der Waals surface area contributed by atoms with E-state index < -0.39 is 23.6 Å². The van der Waals surface area contributed by atoms with Crippen LogP contribution in [-0.4, -0.2) is 61.0 Å². The van der Waals surface area contributed by atoms with Crippen molar-refractivity contribution in [3.63, 3.8) is 0 Å². The van der Waals surface area contributed by atoms with Gasteiger partial charge in [-0.2, -0.15) is 0 Å². The van der Waals surface area contributed by atoms with Crippen LogP contribution in [0.1, 0.15) is 52.9 Å². The Morgan fingerprint density at radius 3 is 2.36 bits per heavy atom. The minimum absolute atomic E-state index is 0.0138. The zero-order chi connectivity index (χ0) is 20.9. The van der Waals surface area contributed by atoms with Crippen molar-refractivity contribution in [1.29, 1.82) is 0 Å². The molecule has 1 heterocycles. The molecule has 1 atom stereocenters. The van der Waals surface area contributed by atoms with Crippen molar-refractivity contribution < 1.29 is 28.7 Å². The van der Waals surface area contributed by atoms with Crippen LogP contribution in [0.25, 0.3) is 0 Å². The monoisotopic (exact) mass is 396 g/mol. The van der Waals surface area contributed by atoms with Crippen LogP contribution in [0.15, 0.2) is 0 Å². The number of Topliss-reactive ketones (excluding diaryl/α,β-unsaturated/α-hetero) is 1. The second-order valence-electron chi connectivity index (χ2n) is 8.68. The summed E-state index contributed by atoms with van der Waals surface area (Å²) < 4.78 is 9.92. The van der Waals surface area contributed by atoms with E-state index in [1.54, 1.807) is 4.90 Å². The number of ether oxygens (including phenoxy) is 2. The number of methoxy groups -OCH3 is 1. The maximum Gasteiger partial charge on any atom is 0.407 e. The van der Waals surface area contributed by atoms with Gasteiger partial charge in [0.05, 0.1) is 7.11 Å². The van der Waals surface area contributed by atoms with Gasteiger partial charge in [0.25, 0.3) is 0 Å². The number of alkyl carbamates (subject to hydrolysis) is 1. The number of rotatable bonds is 4. The molecule has 1 unspecified atom stereocenters. The van der Waals surface area contributed by atoms with Gasteiger partial charge in [-0.25, -0.2) is 4.79 Å². The molecule has 1 saturated heterocycles. The number of piperidine rings is 1. The highest BCUT2D eigenvalue weighted by molar-refractivity contribution is 6.00. The van der Waals surface area contributed by atoms with Crippen LogP contribution < -0.4 is 5.32 Å². The fourth-order valence-electron chi connectivity index (χ4n) is 3.79. The normalized spacial score (nSPS) is 25.8. The Labute approximate surface area is 166 Å². The number of nitrogens with one attached hydrogen (secondary N) is 1. The summed E-state index contributed by atoms with van der Waals surface area (Å²) in [5.41, 5.74) is -0.522. The quantitative estimate of drug-likeness (QED) is 0.575. The molecule has 1 aliphatic heterocycles. The minimum Gasteiger partial charge on any atom is -0.468 e. The topological polar surface area (TPSA) is 102 Å². The molecule has 8 heteroatoms. The summed E-state index contributed by atoms with van der Waals surface area (Å²) in [6.07, 6.45) is 2.96. The van der Waals surface area contributed by atoms with Gasteiger partial charge in [0.1, 0.15) is 11.5 Å². The largest absolute Gasteiger partial charge is 0.468 e. The van der Waals surface area contributed by atoms with Crippen molar-refractivity contribution in [3.8, 4) is 0 Å². The summed E-state index contributed by atoms with van der Waals surface area (Å²) in [4.78, 5) is 49.9. The summed E-state index contributed by atoms with van der Waals surface area (Å²) >= 11 is 0. The van der Waals surface area contributed by atoms with Gasteiger partial charge in [0.15, 0.2) is 5.78 Å². The Balaban J connectivity index is 1.78. The first-order valence-electron chi connectivity index (χ1n) is 9.97. The van der Waals surface area contributed by atoms with E-state index in [0.717, 1.165) is 25.7 Å². The van der Waals surface area contributed by atoms with Crippen LogP contribution in [0, 0.1) is 17.8 Å². The Morgan fingerprint density at radius 2 is 1.79 bits per heavy atom. The molecule has 0 spiro atoms. The van der Waals surface area contributed by atoms with Crippen LogP contribution in [0.3, 0.4) is 0 Å². The molecular weight excluding hydrogens is 364 g/mol. The van der Waals surface area contributed by atoms with Crippen LogP contribution in [-0.2, 0) is 23.9 Å². The third-order valence-corrected chi connectivity index (χ3v) is 5.35. The molecule has 0 radical (unpaired) electrons. The molecule has 8 nitrogen and oxygen atoms in total. The van der Waals surface area contributed by atoms with E-state index in [1.807, 2.05) is 20.8 Å². The molecule has 0 aromatic heterocycles. The molecular formula is C20H32N2O6. The molecule has 1 aliphatic carbocycles. The minimum atomic E-state index is -0.864. The number of ketones is 1. The lowest BCUT2D eigenvalue weighted by Crippen LogP contribution is -2.49. The maximum atomic E-state index is 12.8. The van der Waals surface area contributed by atoms with Gasteiger partial charge in [0, 0.05) is 32.0 Å². The fourth-order valence-corrected chi connectivity index (χ4v) is 3.79. The molecule has 1 saturated carbocycles. The first-order chi connectivity index (χ1) is 13.1. The summed E-state index contributed by atoms with van der Waals surface area (Å²) in [5, 5.41) is 2.80. The summed E-state index contributed by atoms with van der Waals surface area (Å²) in [5.74, 6) is -1.35. The molecule has 2 rings (SSSR count). The van der Waals surface area contributed by atoms with Crippen molar-refractivity contribution >= 4 is 23.8 Å². The number of esters is 1. The lowest BCUT2D eigenvalue weighted by atomic mass is 9.81. The van der Waals surface area contributed by atoms with E-state index in [2.05, 4.69) is 10.1 Å². The van der Waals surface area contributed by atoms with Gasteiger partial charge in [-0.05, 0) is 52.4 Å².